The number of benzene rings is 1. The lowest BCUT2D eigenvalue weighted by Gasteiger charge is -2.31. The third-order valence-corrected chi connectivity index (χ3v) is 3.51. The van der Waals surface area contributed by atoms with Gasteiger partial charge in [0.2, 0.25) is 5.91 Å². The van der Waals surface area contributed by atoms with E-state index in [0.29, 0.717) is 17.2 Å². The number of ether oxygens (including phenoxy) is 3. The van der Waals surface area contributed by atoms with Crippen LogP contribution >= 0.6 is 0 Å². The van der Waals surface area contributed by atoms with Crippen molar-refractivity contribution in [3.63, 3.8) is 0 Å². The second kappa shape index (κ2) is 7.53. The molecule has 1 aromatic carbocycles. The Labute approximate surface area is 138 Å². The fourth-order valence-corrected chi connectivity index (χ4v) is 2.31. The van der Waals surface area contributed by atoms with Crippen molar-refractivity contribution in [2.24, 2.45) is 5.92 Å². The van der Waals surface area contributed by atoms with Gasteiger partial charge in [-0.3, -0.25) is 15.0 Å². The number of hydrogen-bond donors (Lipinski definition) is 2. The Hall–Kier alpha value is -2.97. The van der Waals surface area contributed by atoms with Crippen LogP contribution in [0.3, 0.4) is 0 Å². The van der Waals surface area contributed by atoms with Crippen molar-refractivity contribution in [1.29, 1.82) is 0 Å². The third kappa shape index (κ3) is 3.86. The first-order valence-corrected chi connectivity index (χ1v) is 7.16. The number of urea groups is 1. The van der Waals surface area contributed by atoms with Gasteiger partial charge in [-0.25, -0.2) is 9.80 Å². The third-order valence-electron chi connectivity index (χ3n) is 3.51. The Morgan fingerprint density at radius 2 is 1.92 bits per heavy atom. The van der Waals surface area contributed by atoms with Crippen LogP contribution < -0.4 is 20.2 Å². The van der Waals surface area contributed by atoms with E-state index in [1.807, 2.05) is 0 Å². The zero-order chi connectivity index (χ0) is 17.7. The van der Waals surface area contributed by atoms with E-state index in [0.717, 1.165) is 5.01 Å². The largest absolute Gasteiger partial charge is 0.493 e. The van der Waals surface area contributed by atoms with Crippen LogP contribution in [0.5, 0.6) is 11.5 Å². The minimum Gasteiger partial charge on any atom is -0.493 e. The van der Waals surface area contributed by atoms with Crippen molar-refractivity contribution >= 4 is 23.6 Å². The Bertz CT molecular complexity index is 648. The molecule has 0 saturated carbocycles. The molecule has 0 aliphatic carbocycles. The van der Waals surface area contributed by atoms with Gasteiger partial charge in [0.15, 0.2) is 11.5 Å². The number of nitrogens with zero attached hydrogens (tertiary/aromatic N) is 1. The molecule has 9 heteroatoms. The summed E-state index contributed by atoms with van der Waals surface area (Å²) in [5.41, 5.74) is 2.87. The first kappa shape index (κ1) is 17.4. The molecule has 3 amide bonds. The number of carbonyl (C=O) groups is 3. The average Bonchev–Trinajstić information content (AvgIpc) is 2.60. The molecule has 1 heterocycles. The van der Waals surface area contributed by atoms with Crippen LogP contribution in [0.25, 0.3) is 0 Å². The van der Waals surface area contributed by atoms with E-state index >= 15 is 0 Å². The number of nitrogens with one attached hydrogen (secondary N) is 2. The highest BCUT2D eigenvalue weighted by Crippen LogP contribution is 2.29. The van der Waals surface area contributed by atoms with Crippen molar-refractivity contribution in [2.75, 3.05) is 33.2 Å². The van der Waals surface area contributed by atoms with E-state index in [4.69, 9.17) is 9.47 Å². The van der Waals surface area contributed by atoms with Crippen LogP contribution in [0, 0.1) is 5.92 Å². The van der Waals surface area contributed by atoms with Crippen molar-refractivity contribution in [3.8, 4) is 11.5 Å². The minimum absolute atomic E-state index is 0.0210. The number of hydrogen-bond acceptors (Lipinski definition) is 6. The average molecular weight is 337 g/mol. The molecular weight excluding hydrogens is 318 g/mol. The molecule has 1 fully saturated rings. The van der Waals surface area contributed by atoms with Gasteiger partial charge in [0.1, 0.15) is 0 Å². The topological polar surface area (TPSA) is 106 Å². The molecule has 0 bridgehead atoms. The van der Waals surface area contributed by atoms with Gasteiger partial charge in [-0.05, 0) is 12.1 Å². The van der Waals surface area contributed by atoms with E-state index in [1.54, 1.807) is 18.2 Å². The van der Waals surface area contributed by atoms with Crippen LogP contribution in [0.1, 0.15) is 6.42 Å². The Morgan fingerprint density at radius 1 is 1.21 bits per heavy atom. The molecule has 2 N–H and O–H groups in total. The second-order valence-corrected chi connectivity index (χ2v) is 5.07. The maximum absolute atomic E-state index is 12.3. The highest BCUT2D eigenvalue weighted by atomic mass is 16.5. The van der Waals surface area contributed by atoms with Crippen molar-refractivity contribution in [3.05, 3.63) is 18.2 Å². The summed E-state index contributed by atoms with van der Waals surface area (Å²) in [6.45, 7) is 0.0253. The lowest BCUT2D eigenvalue weighted by molar-refractivity contribution is -0.151. The normalized spacial score (nSPS) is 16.9. The van der Waals surface area contributed by atoms with E-state index < -0.39 is 23.8 Å². The first-order valence-electron chi connectivity index (χ1n) is 7.16. The fraction of sp³-hybridized carbons (Fsp3) is 0.400. The number of hydrazine groups is 1. The summed E-state index contributed by atoms with van der Waals surface area (Å²) in [4.78, 5) is 35.6. The highest BCUT2D eigenvalue weighted by Gasteiger charge is 2.33. The highest BCUT2D eigenvalue weighted by molar-refractivity contribution is 5.93. The van der Waals surface area contributed by atoms with E-state index in [9.17, 15) is 14.4 Å². The van der Waals surface area contributed by atoms with Crippen molar-refractivity contribution in [2.45, 2.75) is 6.42 Å². The maximum atomic E-state index is 12.3. The molecule has 2 rings (SSSR count). The number of methoxy groups -OCH3 is 3. The predicted octanol–water partition coefficient (Wildman–Crippen LogP) is 0.762. The minimum atomic E-state index is -0.695. The molecule has 1 aromatic rings. The molecule has 9 nitrogen and oxygen atoms in total. The number of rotatable bonds is 4. The summed E-state index contributed by atoms with van der Waals surface area (Å²) in [7, 11) is 4.23. The van der Waals surface area contributed by atoms with Gasteiger partial charge >= 0.3 is 12.0 Å². The first-order chi connectivity index (χ1) is 11.5. The lowest BCUT2D eigenvalue weighted by Crippen LogP contribution is -2.56. The van der Waals surface area contributed by atoms with Crippen LogP contribution in [-0.4, -0.2) is 50.8 Å². The summed E-state index contributed by atoms with van der Waals surface area (Å²) in [5, 5.41) is 3.67. The maximum Gasteiger partial charge on any atom is 0.340 e. The molecule has 1 aliphatic heterocycles. The van der Waals surface area contributed by atoms with Crippen molar-refractivity contribution < 1.29 is 28.6 Å². The van der Waals surface area contributed by atoms with Crippen LogP contribution in [0.2, 0.25) is 0 Å². The number of carbonyl (C=O) groups excluding carboxylic acids is 3. The quantitative estimate of drug-likeness (QED) is 0.786. The van der Waals surface area contributed by atoms with Crippen LogP contribution in [-0.2, 0) is 14.3 Å². The summed E-state index contributed by atoms with van der Waals surface area (Å²) >= 11 is 0. The molecule has 0 aromatic heterocycles. The Kier molecular flexibility index (Phi) is 5.46. The summed E-state index contributed by atoms with van der Waals surface area (Å²) in [6.07, 6.45) is -0.0210. The summed E-state index contributed by atoms with van der Waals surface area (Å²) < 4.78 is 14.9. The van der Waals surface area contributed by atoms with Gasteiger partial charge in [-0.2, -0.15) is 0 Å². The summed E-state index contributed by atoms with van der Waals surface area (Å²) in [6, 6.07) is 4.27. The van der Waals surface area contributed by atoms with Crippen LogP contribution in [0.15, 0.2) is 18.2 Å². The smallest absolute Gasteiger partial charge is 0.340 e. The van der Waals surface area contributed by atoms with Gasteiger partial charge in [-0.1, -0.05) is 0 Å². The number of esters is 1. The molecule has 1 atom stereocenters. The molecule has 1 unspecified atom stereocenters. The SMILES string of the molecule is COC(=O)C1CC(=O)NN(C(=O)Nc2ccc(OC)c(OC)c2)C1. The monoisotopic (exact) mass is 337 g/mol. The zero-order valence-corrected chi connectivity index (χ0v) is 13.6. The lowest BCUT2D eigenvalue weighted by atomic mass is 10.0. The summed E-state index contributed by atoms with van der Waals surface area (Å²) in [5.74, 6) is -0.689. The Morgan fingerprint density at radius 3 is 2.54 bits per heavy atom. The number of anilines is 1. The molecular formula is C15H19N3O6. The fourth-order valence-electron chi connectivity index (χ4n) is 2.31. The van der Waals surface area contributed by atoms with E-state index in [1.165, 1.54) is 21.3 Å². The van der Waals surface area contributed by atoms with Gasteiger partial charge in [-0.15, -0.1) is 0 Å². The molecule has 1 aliphatic rings. The number of amides is 3. The molecule has 130 valence electrons. The second-order valence-electron chi connectivity index (χ2n) is 5.07. The predicted molar refractivity (Wildman–Crippen MR) is 83.5 cm³/mol. The molecule has 24 heavy (non-hydrogen) atoms. The van der Waals surface area contributed by atoms with E-state index in [2.05, 4.69) is 15.5 Å². The van der Waals surface area contributed by atoms with Gasteiger partial charge < -0.3 is 19.5 Å². The van der Waals surface area contributed by atoms with Crippen LogP contribution in [0.4, 0.5) is 10.5 Å². The van der Waals surface area contributed by atoms with E-state index in [-0.39, 0.29) is 13.0 Å². The standard InChI is InChI=1S/C15H19N3O6/c1-22-11-5-4-10(7-12(11)23-2)16-15(21)18-8-9(14(20)24-3)6-13(19)17-18/h4-5,7,9H,6,8H2,1-3H3,(H,16,21)(H,17,19). The zero-order valence-electron chi connectivity index (χ0n) is 13.6. The molecule has 1 saturated heterocycles. The van der Waals surface area contributed by atoms with Gasteiger partial charge in [0, 0.05) is 18.2 Å². The molecule has 0 radical (unpaired) electrons. The van der Waals surface area contributed by atoms with Crippen molar-refractivity contribution in [1.82, 2.24) is 10.4 Å². The van der Waals surface area contributed by atoms with Gasteiger partial charge in [0.05, 0.1) is 33.8 Å². The Balaban J connectivity index is 2.08. The van der Waals surface area contributed by atoms with Gasteiger partial charge in [0.25, 0.3) is 0 Å². The molecule has 0 spiro atoms.